The third-order valence-electron chi connectivity index (χ3n) is 9.16. The lowest BCUT2D eigenvalue weighted by Gasteiger charge is -2.35. The molecule has 2 saturated carbocycles. The van der Waals surface area contributed by atoms with Crippen LogP contribution >= 0.6 is 0 Å². The molecule has 0 bridgehead atoms. The maximum atomic E-state index is 13.9. The van der Waals surface area contributed by atoms with E-state index in [0.717, 1.165) is 32.0 Å². The van der Waals surface area contributed by atoms with E-state index in [4.69, 9.17) is 9.47 Å². The summed E-state index contributed by atoms with van der Waals surface area (Å²) in [5.74, 6) is 0.0444. The Morgan fingerprint density at radius 3 is 2.39 bits per heavy atom. The largest absolute Gasteiger partial charge is 0.377 e. The maximum absolute atomic E-state index is 13.9. The van der Waals surface area contributed by atoms with Crippen molar-refractivity contribution in [2.24, 2.45) is 0 Å². The minimum Gasteiger partial charge on any atom is -0.377 e. The van der Waals surface area contributed by atoms with Gasteiger partial charge in [-0.2, -0.15) is 0 Å². The minimum absolute atomic E-state index is 0.00425. The molecule has 1 aromatic carbocycles. The molecule has 0 radical (unpaired) electrons. The van der Waals surface area contributed by atoms with Gasteiger partial charge in [0, 0.05) is 18.7 Å². The average Bonchev–Trinajstić information content (AvgIpc) is 3.35. The summed E-state index contributed by atoms with van der Waals surface area (Å²) in [6.45, 7) is 2.64. The fourth-order valence-electron chi connectivity index (χ4n) is 6.91. The van der Waals surface area contributed by atoms with Gasteiger partial charge in [-0.05, 0) is 75.2 Å². The first kappa shape index (κ1) is 24.1. The highest BCUT2D eigenvalue weighted by Crippen LogP contribution is 2.38. The van der Waals surface area contributed by atoms with Gasteiger partial charge in [-0.25, -0.2) is 0 Å². The van der Waals surface area contributed by atoms with Crippen molar-refractivity contribution >= 4 is 17.6 Å². The van der Waals surface area contributed by atoms with Gasteiger partial charge in [-0.3, -0.25) is 14.4 Å². The zero-order chi connectivity index (χ0) is 24.9. The van der Waals surface area contributed by atoms with Crippen LogP contribution in [0.5, 0.6) is 0 Å². The number of hydrogen-bond acceptors (Lipinski definition) is 6. The second-order valence-electron chi connectivity index (χ2n) is 11.3. The summed E-state index contributed by atoms with van der Waals surface area (Å²) < 4.78 is 11.2. The second-order valence-corrected chi connectivity index (χ2v) is 11.3. The van der Waals surface area contributed by atoms with E-state index in [1.54, 1.807) is 12.0 Å². The van der Waals surface area contributed by atoms with E-state index in [0.29, 0.717) is 30.9 Å². The van der Waals surface area contributed by atoms with Gasteiger partial charge >= 0.3 is 0 Å². The quantitative estimate of drug-likeness (QED) is 0.652. The van der Waals surface area contributed by atoms with Gasteiger partial charge < -0.3 is 24.6 Å². The number of ether oxygens (including phenoxy) is 2. The predicted molar refractivity (Wildman–Crippen MR) is 133 cm³/mol. The van der Waals surface area contributed by atoms with Crippen LogP contribution in [0.1, 0.15) is 73.2 Å². The number of amides is 2. The zero-order valence-electron chi connectivity index (χ0n) is 21.1. The number of fused-ring (bicyclic) bond motifs is 1. The monoisotopic (exact) mass is 495 g/mol. The molecular formula is C28H37N3O5. The normalized spacial score (nSPS) is 30.5. The van der Waals surface area contributed by atoms with Crippen molar-refractivity contribution in [3.63, 3.8) is 0 Å². The van der Waals surface area contributed by atoms with Crippen LogP contribution < -0.4 is 5.32 Å². The Hall–Kier alpha value is -2.29. The fourth-order valence-corrected chi connectivity index (χ4v) is 6.91. The van der Waals surface area contributed by atoms with Crippen molar-refractivity contribution in [3.8, 4) is 0 Å². The number of nitrogens with one attached hydrogen (secondary N) is 1. The molecule has 194 valence electrons. The molecule has 8 nitrogen and oxygen atoms in total. The second kappa shape index (κ2) is 9.54. The topological polar surface area (TPSA) is 88.2 Å². The first-order valence-corrected chi connectivity index (χ1v) is 13.6. The zero-order valence-corrected chi connectivity index (χ0v) is 21.1. The van der Waals surface area contributed by atoms with Crippen molar-refractivity contribution in [2.45, 2.75) is 87.1 Å². The number of likely N-dealkylation sites (tertiary alicyclic amines) is 2. The molecule has 3 atom stereocenters. The molecule has 0 unspecified atom stereocenters. The summed E-state index contributed by atoms with van der Waals surface area (Å²) in [6, 6.07) is 8.16. The Bertz CT molecular complexity index is 1010. The fraction of sp³-hybridized carbons (Fsp3) is 0.679. The summed E-state index contributed by atoms with van der Waals surface area (Å²) in [4.78, 5) is 44.0. The van der Waals surface area contributed by atoms with E-state index in [9.17, 15) is 14.4 Å². The lowest BCUT2D eigenvalue weighted by Crippen LogP contribution is -2.60. The Morgan fingerprint density at radius 1 is 1.06 bits per heavy atom. The first-order chi connectivity index (χ1) is 17.5. The number of Topliss-reactive ketones (excluding diaryl/α,β-unsaturated/α-hetero) is 1. The Labute approximate surface area is 212 Å². The molecule has 1 aromatic rings. The van der Waals surface area contributed by atoms with Gasteiger partial charge in [0.1, 0.15) is 30.4 Å². The van der Waals surface area contributed by atoms with Crippen molar-refractivity contribution in [3.05, 3.63) is 35.4 Å². The Kier molecular flexibility index (Phi) is 6.38. The molecule has 2 amide bonds. The van der Waals surface area contributed by atoms with Crippen molar-refractivity contribution in [1.29, 1.82) is 0 Å². The predicted octanol–water partition coefficient (Wildman–Crippen LogP) is 2.26. The van der Waals surface area contributed by atoms with E-state index in [1.165, 1.54) is 31.2 Å². The third kappa shape index (κ3) is 4.27. The van der Waals surface area contributed by atoms with E-state index < -0.39 is 17.7 Å². The number of nitrogens with zero attached hydrogens (tertiary/aromatic N) is 2. The molecule has 5 fully saturated rings. The van der Waals surface area contributed by atoms with Crippen molar-refractivity contribution < 1.29 is 23.9 Å². The van der Waals surface area contributed by atoms with Crippen LogP contribution in [0.3, 0.4) is 0 Å². The van der Waals surface area contributed by atoms with Crippen molar-refractivity contribution in [1.82, 2.24) is 15.1 Å². The van der Waals surface area contributed by atoms with Gasteiger partial charge in [0.25, 0.3) is 5.91 Å². The number of ketones is 1. The molecular weight excluding hydrogens is 458 g/mol. The molecule has 0 spiro atoms. The molecule has 2 aliphatic carbocycles. The van der Waals surface area contributed by atoms with E-state index >= 15 is 0 Å². The number of hydrogen-bond donors (Lipinski definition) is 1. The van der Waals surface area contributed by atoms with Gasteiger partial charge in [-0.15, -0.1) is 0 Å². The molecule has 8 heteroatoms. The number of methoxy groups -OCH3 is 1. The molecule has 3 aliphatic heterocycles. The highest BCUT2D eigenvalue weighted by atomic mass is 16.5. The smallest absolute Gasteiger partial charge is 0.252 e. The molecule has 0 aromatic heterocycles. The van der Waals surface area contributed by atoms with Crippen LogP contribution in [0.2, 0.25) is 0 Å². The van der Waals surface area contributed by atoms with Crippen LogP contribution in [0.25, 0.3) is 0 Å². The molecule has 6 rings (SSSR count). The van der Waals surface area contributed by atoms with Gasteiger partial charge in [-0.1, -0.05) is 25.0 Å². The van der Waals surface area contributed by atoms with E-state index in [-0.39, 0.29) is 30.3 Å². The lowest BCUT2D eigenvalue weighted by atomic mass is 9.88. The summed E-state index contributed by atoms with van der Waals surface area (Å²) >= 11 is 0. The SMILES string of the molecule is CO[C@@H]1CN(C(=O)C2(NC(=O)c3ccc(C4CCN(C5CC5)CC4)cc3)CCCC2)[C@@H]2C(=O)CO[C@@H]21. The molecule has 5 aliphatic rings. The number of rotatable bonds is 6. The van der Waals surface area contributed by atoms with Crippen LogP contribution in [0.4, 0.5) is 0 Å². The summed E-state index contributed by atoms with van der Waals surface area (Å²) in [6.07, 6.45) is 7.18. The standard InChI is InChI=1S/C28H37N3O5/c1-35-23-16-31(24-22(32)17-36-25(23)24)27(34)28(12-2-3-13-28)29-26(33)20-6-4-18(5-7-20)19-10-14-30(15-11-19)21-8-9-21/h4-7,19,21,23-25H,2-3,8-17H2,1H3,(H,29,33)/t23-,24-,25-/m1/s1. The van der Waals surface area contributed by atoms with Crippen molar-refractivity contribution in [2.75, 3.05) is 33.4 Å². The summed E-state index contributed by atoms with van der Waals surface area (Å²) in [5.41, 5.74) is 0.881. The maximum Gasteiger partial charge on any atom is 0.252 e. The van der Waals surface area contributed by atoms with E-state index in [1.807, 2.05) is 12.1 Å². The van der Waals surface area contributed by atoms with Gasteiger partial charge in [0.05, 0.1) is 6.54 Å². The molecule has 3 heterocycles. The molecule has 3 saturated heterocycles. The Morgan fingerprint density at radius 2 is 1.75 bits per heavy atom. The summed E-state index contributed by atoms with van der Waals surface area (Å²) in [7, 11) is 1.58. The van der Waals surface area contributed by atoms with E-state index in [2.05, 4.69) is 22.3 Å². The van der Waals surface area contributed by atoms with Crippen LogP contribution in [0.15, 0.2) is 24.3 Å². The van der Waals surface area contributed by atoms with Gasteiger partial charge in [0.15, 0.2) is 5.78 Å². The third-order valence-corrected chi connectivity index (χ3v) is 9.16. The number of carbonyl (C=O) groups excluding carboxylic acids is 3. The summed E-state index contributed by atoms with van der Waals surface area (Å²) in [5, 5.41) is 3.11. The lowest BCUT2D eigenvalue weighted by molar-refractivity contribution is -0.142. The highest BCUT2D eigenvalue weighted by molar-refractivity contribution is 6.01. The molecule has 36 heavy (non-hydrogen) atoms. The number of carbonyl (C=O) groups is 3. The molecule has 1 N–H and O–H groups in total. The number of piperidine rings is 1. The Balaban J connectivity index is 1.14. The van der Waals surface area contributed by atoms with Crippen LogP contribution in [0, 0.1) is 0 Å². The average molecular weight is 496 g/mol. The van der Waals surface area contributed by atoms with Crippen LogP contribution in [-0.4, -0.2) is 90.6 Å². The number of benzene rings is 1. The van der Waals surface area contributed by atoms with Gasteiger partial charge in [0.2, 0.25) is 5.91 Å². The first-order valence-electron chi connectivity index (χ1n) is 13.6. The highest BCUT2D eigenvalue weighted by Gasteiger charge is 2.56. The van der Waals surface area contributed by atoms with Crippen LogP contribution in [-0.2, 0) is 19.1 Å². The minimum atomic E-state index is -0.985.